The molecule has 0 aliphatic rings. The monoisotopic (exact) mass is 372 g/mol. The number of carboxylic acids is 1. The third kappa shape index (κ3) is 3.31. The van der Waals surface area contributed by atoms with Gasteiger partial charge in [-0.1, -0.05) is 24.3 Å². The highest BCUT2D eigenvalue weighted by molar-refractivity contribution is 7.90. The van der Waals surface area contributed by atoms with Gasteiger partial charge in [0.2, 0.25) is 0 Å². The van der Waals surface area contributed by atoms with Gasteiger partial charge in [0.15, 0.2) is 9.84 Å². The molecule has 1 heterocycles. The van der Waals surface area contributed by atoms with E-state index in [1.165, 1.54) is 31.5 Å². The number of H-pyrrole nitrogens is 1. The summed E-state index contributed by atoms with van der Waals surface area (Å²) in [5.74, 6) is -1.23. The number of ether oxygens (including phenoxy) is 1. The zero-order valence-electron chi connectivity index (χ0n) is 13.8. The highest BCUT2D eigenvalue weighted by Crippen LogP contribution is 2.35. The lowest BCUT2D eigenvalue weighted by molar-refractivity contribution is 0.0692. The van der Waals surface area contributed by atoms with Gasteiger partial charge in [0, 0.05) is 12.4 Å². The van der Waals surface area contributed by atoms with Gasteiger partial charge in [-0.3, -0.25) is 0 Å². The lowest BCUT2D eigenvalue weighted by Crippen LogP contribution is -2.12. The largest absolute Gasteiger partial charge is 0.495 e. The standard InChI is InChI=1S/C18H16N2O5S/c1-25-16-14(17-19-9-10-20-17)8-7-12(15(16)18(21)22)11-26(23,24)13-5-3-2-4-6-13/h2-10H,11H2,1H3,(H,19,20)(H,21,22). The van der Waals surface area contributed by atoms with Gasteiger partial charge >= 0.3 is 5.97 Å². The number of nitrogens with zero attached hydrogens (tertiary/aromatic N) is 1. The fraction of sp³-hybridized carbons (Fsp3) is 0.111. The van der Waals surface area contributed by atoms with Gasteiger partial charge in [-0.05, 0) is 23.8 Å². The fourth-order valence-corrected chi connectivity index (χ4v) is 4.09. The maximum atomic E-state index is 12.6. The summed E-state index contributed by atoms with van der Waals surface area (Å²) in [6.07, 6.45) is 3.13. The number of hydrogen-bond donors (Lipinski definition) is 2. The van der Waals surface area contributed by atoms with Crippen molar-refractivity contribution >= 4 is 15.8 Å². The van der Waals surface area contributed by atoms with Crippen LogP contribution in [0.15, 0.2) is 59.8 Å². The zero-order chi connectivity index (χ0) is 18.7. The van der Waals surface area contributed by atoms with E-state index in [2.05, 4.69) is 9.97 Å². The second-order valence-corrected chi connectivity index (χ2v) is 7.49. The van der Waals surface area contributed by atoms with Crippen LogP contribution in [0.25, 0.3) is 11.4 Å². The van der Waals surface area contributed by atoms with Crippen LogP contribution in [-0.2, 0) is 15.6 Å². The molecule has 0 aliphatic carbocycles. The Labute approximate surface area is 150 Å². The van der Waals surface area contributed by atoms with Gasteiger partial charge in [-0.2, -0.15) is 0 Å². The maximum Gasteiger partial charge on any atom is 0.339 e. The second kappa shape index (κ2) is 7.01. The van der Waals surface area contributed by atoms with E-state index in [4.69, 9.17) is 4.74 Å². The van der Waals surface area contributed by atoms with E-state index in [1.807, 2.05) is 0 Å². The second-order valence-electron chi connectivity index (χ2n) is 5.50. The van der Waals surface area contributed by atoms with Crippen LogP contribution in [0, 0.1) is 0 Å². The molecule has 0 atom stereocenters. The predicted octanol–water partition coefficient (Wildman–Crippen LogP) is 2.76. The number of sulfone groups is 1. The van der Waals surface area contributed by atoms with Gasteiger partial charge in [-0.15, -0.1) is 0 Å². The van der Waals surface area contributed by atoms with Crippen molar-refractivity contribution < 1.29 is 23.1 Å². The van der Waals surface area contributed by atoms with Gasteiger partial charge in [0.05, 0.1) is 23.3 Å². The fourth-order valence-electron chi connectivity index (χ4n) is 2.71. The van der Waals surface area contributed by atoms with Crippen molar-refractivity contribution in [1.82, 2.24) is 9.97 Å². The Morgan fingerprint density at radius 1 is 1.19 bits per heavy atom. The van der Waals surface area contributed by atoms with Crippen LogP contribution in [0.3, 0.4) is 0 Å². The Balaban J connectivity index is 2.12. The summed E-state index contributed by atoms with van der Waals surface area (Å²) in [6.45, 7) is 0. The summed E-state index contributed by atoms with van der Waals surface area (Å²) in [5.41, 5.74) is 0.394. The van der Waals surface area contributed by atoms with Crippen LogP contribution in [0.5, 0.6) is 5.75 Å². The summed E-state index contributed by atoms with van der Waals surface area (Å²) >= 11 is 0. The summed E-state index contributed by atoms with van der Waals surface area (Å²) in [4.78, 5) is 19.0. The number of hydrogen-bond acceptors (Lipinski definition) is 5. The summed E-state index contributed by atoms with van der Waals surface area (Å²) in [5, 5.41) is 9.66. The average molecular weight is 372 g/mol. The van der Waals surface area contributed by atoms with Crippen molar-refractivity contribution in [2.45, 2.75) is 10.6 Å². The number of carboxylic acid groups (broad SMARTS) is 1. The van der Waals surface area contributed by atoms with Gasteiger partial charge in [0.25, 0.3) is 0 Å². The lowest BCUT2D eigenvalue weighted by atomic mass is 10.0. The maximum absolute atomic E-state index is 12.6. The molecule has 0 spiro atoms. The lowest BCUT2D eigenvalue weighted by Gasteiger charge is -2.14. The average Bonchev–Trinajstić information content (AvgIpc) is 3.15. The minimum absolute atomic E-state index is 0.0632. The van der Waals surface area contributed by atoms with Crippen LogP contribution in [-0.4, -0.2) is 36.6 Å². The molecule has 0 saturated carbocycles. The molecule has 3 aromatic rings. The molecule has 0 fully saturated rings. The van der Waals surface area contributed by atoms with E-state index in [9.17, 15) is 18.3 Å². The highest BCUT2D eigenvalue weighted by atomic mass is 32.2. The topological polar surface area (TPSA) is 109 Å². The van der Waals surface area contributed by atoms with Gasteiger partial charge in [0.1, 0.15) is 17.1 Å². The molecule has 3 rings (SSSR count). The summed E-state index contributed by atoms with van der Waals surface area (Å²) in [6, 6.07) is 11.0. The smallest absolute Gasteiger partial charge is 0.339 e. The Bertz CT molecular complexity index is 1030. The van der Waals surface area contributed by atoms with E-state index in [0.717, 1.165) is 0 Å². The van der Waals surface area contributed by atoms with Crippen molar-refractivity contribution in [1.29, 1.82) is 0 Å². The Morgan fingerprint density at radius 3 is 2.50 bits per heavy atom. The quantitative estimate of drug-likeness (QED) is 0.688. The molecule has 2 N–H and O–H groups in total. The number of aromatic nitrogens is 2. The third-order valence-electron chi connectivity index (χ3n) is 3.86. The first-order valence-corrected chi connectivity index (χ1v) is 9.30. The van der Waals surface area contributed by atoms with Gasteiger partial charge < -0.3 is 14.8 Å². The van der Waals surface area contributed by atoms with Crippen LogP contribution in [0.4, 0.5) is 0 Å². The SMILES string of the molecule is COc1c(-c2ncc[nH]2)ccc(CS(=O)(=O)c2ccccc2)c1C(=O)O. The Kier molecular flexibility index (Phi) is 4.77. The van der Waals surface area contributed by atoms with Crippen LogP contribution >= 0.6 is 0 Å². The molecule has 0 saturated heterocycles. The van der Waals surface area contributed by atoms with Crippen molar-refractivity contribution in [3.63, 3.8) is 0 Å². The number of carbonyl (C=O) groups is 1. The molecule has 2 aromatic carbocycles. The first kappa shape index (κ1) is 17.7. The number of rotatable bonds is 6. The van der Waals surface area contributed by atoms with Crippen molar-refractivity contribution in [2.75, 3.05) is 7.11 Å². The molecule has 134 valence electrons. The van der Waals surface area contributed by atoms with Crippen molar-refractivity contribution in [2.24, 2.45) is 0 Å². The van der Waals surface area contributed by atoms with Crippen LogP contribution in [0.2, 0.25) is 0 Å². The Morgan fingerprint density at radius 2 is 1.92 bits per heavy atom. The summed E-state index contributed by atoms with van der Waals surface area (Å²) < 4.78 is 30.6. The van der Waals surface area contributed by atoms with Gasteiger partial charge in [-0.25, -0.2) is 18.2 Å². The molecular weight excluding hydrogens is 356 g/mol. The molecule has 0 aliphatic heterocycles. The molecule has 0 radical (unpaired) electrons. The van der Waals surface area contributed by atoms with Crippen molar-refractivity contribution in [3.05, 3.63) is 66.0 Å². The third-order valence-corrected chi connectivity index (χ3v) is 5.54. The number of aromatic carboxylic acids is 1. The predicted molar refractivity (Wildman–Crippen MR) is 94.9 cm³/mol. The number of imidazole rings is 1. The van der Waals surface area contributed by atoms with E-state index >= 15 is 0 Å². The molecule has 7 nitrogen and oxygen atoms in total. The first-order chi connectivity index (χ1) is 12.4. The van der Waals surface area contributed by atoms with E-state index in [1.54, 1.807) is 30.5 Å². The molecule has 0 amide bonds. The van der Waals surface area contributed by atoms with Crippen LogP contribution < -0.4 is 4.74 Å². The molecule has 0 unspecified atom stereocenters. The molecule has 0 bridgehead atoms. The molecule has 1 aromatic heterocycles. The first-order valence-electron chi connectivity index (χ1n) is 7.64. The molecule has 8 heteroatoms. The Hall–Kier alpha value is -3.13. The number of benzene rings is 2. The zero-order valence-corrected chi connectivity index (χ0v) is 14.7. The summed E-state index contributed by atoms with van der Waals surface area (Å²) in [7, 11) is -2.37. The number of aromatic amines is 1. The number of methoxy groups -OCH3 is 1. The molecule has 26 heavy (non-hydrogen) atoms. The van der Waals surface area contributed by atoms with E-state index in [0.29, 0.717) is 11.4 Å². The minimum Gasteiger partial charge on any atom is -0.495 e. The normalized spacial score (nSPS) is 11.3. The number of nitrogens with one attached hydrogen (secondary N) is 1. The minimum atomic E-state index is -3.70. The molecular formula is C18H16N2O5S. The van der Waals surface area contributed by atoms with Crippen LogP contribution in [0.1, 0.15) is 15.9 Å². The van der Waals surface area contributed by atoms with E-state index < -0.39 is 21.6 Å². The highest BCUT2D eigenvalue weighted by Gasteiger charge is 2.25. The van der Waals surface area contributed by atoms with E-state index in [-0.39, 0.29) is 21.8 Å². The van der Waals surface area contributed by atoms with Crippen molar-refractivity contribution in [3.8, 4) is 17.1 Å².